The molecule has 31 heavy (non-hydrogen) atoms. The van der Waals surface area contributed by atoms with E-state index in [1.165, 1.54) is 0 Å². The zero-order chi connectivity index (χ0) is 23.6. The molecular weight excluding hydrogens is 546 g/mol. The molecular formula is C21H34IN4O3PS. The molecule has 2 aromatic rings. The van der Waals surface area contributed by atoms with Crippen molar-refractivity contribution in [2.75, 3.05) is 24.7 Å². The van der Waals surface area contributed by atoms with Crippen LogP contribution in [-0.4, -0.2) is 57.2 Å². The topological polar surface area (TPSA) is 76.5 Å². The Morgan fingerprint density at radius 1 is 1.39 bits per heavy atom. The second kappa shape index (κ2) is 13.5. The van der Waals surface area contributed by atoms with E-state index in [1.54, 1.807) is 4.90 Å². The smallest absolute Gasteiger partial charge is 0.410 e. The van der Waals surface area contributed by atoms with Gasteiger partial charge in [0.05, 0.1) is 17.6 Å². The van der Waals surface area contributed by atoms with Crippen molar-refractivity contribution >= 4 is 69.3 Å². The van der Waals surface area contributed by atoms with Crippen molar-refractivity contribution in [3.05, 3.63) is 23.9 Å². The standard InChI is InChI=1S/C10H19NO2S.C9H9IN3OP.C2H6/c1-10(2,3)13-9(12)11-6-5-8(7-11)14-4;1-6-8-4-7(11-5-14)2-3-9(8)13(12-6)15-10;1-2/h8H,5-7H2,1-4H3;2-5,15H,1H3,(H,11,14);1-2H3. The molecule has 2 heterocycles. The van der Waals surface area contributed by atoms with Gasteiger partial charge >= 0.3 is 6.09 Å². The number of carbonyl (C=O) groups excluding carboxylic acids is 2. The average molecular weight is 580 g/mol. The Morgan fingerprint density at radius 2 is 2.06 bits per heavy atom. The highest BCUT2D eigenvalue weighted by Crippen LogP contribution is 2.31. The molecule has 2 atom stereocenters. The number of fused-ring (bicyclic) bond motifs is 1. The number of aromatic nitrogens is 2. The van der Waals surface area contributed by atoms with Gasteiger partial charge in [0, 0.05) is 29.4 Å². The number of ether oxygens (including phenoxy) is 1. The summed E-state index contributed by atoms with van der Waals surface area (Å²) in [6.45, 7) is 13.3. The lowest BCUT2D eigenvalue weighted by atomic mass is 10.2. The molecule has 1 fully saturated rings. The SMILES string of the molecule is CC.CSC1CCN(C(=O)OC(C)(C)C)C1.Cc1nn(PI)c2ccc(NC=O)cc12. The first-order valence-electron chi connectivity index (χ1n) is 10.3. The Kier molecular flexibility index (Phi) is 12.2. The van der Waals surface area contributed by atoms with Crippen LogP contribution in [0.5, 0.6) is 0 Å². The van der Waals surface area contributed by atoms with Gasteiger partial charge in [0.1, 0.15) is 5.60 Å². The molecule has 1 aromatic carbocycles. The van der Waals surface area contributed by atoms with Crippen molar-refractivity contribution in [2.24, 2.45) is 0 Å². The quantitative estimate of drug-likeness (QED) is 0.269. The maximum absolute atomic E-state index is 11.6. The van der Waals surface area contributed by atoms with Crippen LogP contribution in [0.15, 0.2) is 18.2 Å². The van der Waals surface area contributed by atoms with Gasteiger partial charge in [0.15, 0.2) is 0 Å². The number of nitrogens with one attached hydrogen (secondary N) is 1. The van der Waals surface area contributed by atoms with E-state index in [0.717, 1.165) is 41.8 Å². The number of thioether (sulfide) groups is 1. The van der Waals surface area contributed by atoms with E-state index in [0.29, 0.717) is 18.0 Å². The predicted octanol–water partition coefficient (Wildman–Crippen LogP) is 6.09. The lowest BCUT2D eigenvalue weighted by Gasteiger charge is -2.24. The Hall–Kier alpha value is -1.06. The van der Waals surface area contributed by atoms with Crippen molar-refractivity contribution in [1.82, 2.24) is 14.5 Å². The van der Waals surface area contributed by atoms with Gasteiger partial charge in [0.2, 0.25) is 6.41 Å². The molecule has 10 heteroatoms. The van der Waals surface area contributed by atoms with Crippen molar-refractivity contribution in [3.8, 4) is 0 Å². The summed E-state index contributed by atoms with van der Waals surface area (Å²) in [6, 6.07) is 5.80. The summed E-state index contributed by atoms with van der Waals surface area (Å²) >= 11 is 4.12. The summed E-state index contributed by atoms with van der Waals surface area (Å²) in [7, 11) is 0. The van der Waals surface area contributed by atoms with Crippen LogP contribution >= 0.6 is 40.2 Å². The largest absolute Gasteiger partial charge is 0.444 e. The third-order valence-electron chi connectivity index (χ3n) is 4.30. The zero-order valence-corrected chi connectivity index (χ0v) is 23.3. The summed E-state index contributed by atoms with van der Waals surface area (Å²) in [6.07, 6.45) is 4.27. The van der Waals surface area contributed by atoms with Crippen LogP contribution in [-0.2, 0) is 9.53 Å². The summed E-state index contributed by atoms with van der Waals surface area (Å²) in [4.78, 5) is 23.7. The average Bonchev–Trinajstić information content (AvgIpc) is 3.34. The molecule has 3 rings (SSSR count). The van der Waals surface area contributed by atoms with Gasteiger partial charge in [-0.3, -0.25) is 4.79 Å². The fourth-order valence-corrected chi connectivity index (χ4v) is 5.15. The fraction of sp³-hybridized carbons (Fsp3) is 0.571. The summed E-state index contributed by atoms with van der Waals surface area (Å²) in [5.41, 5.74) is 2.52. The third kappa shape index (κ3) is 8.77. The minimum absolute atomic E-state index is 0.172. The van der Waals surface area contributed by atoms with Crippen molar-refractivity contribution < 1.29 is 14.3 Å². The van der Waals surface area contributed by atoms with E-state index >= 15 is 0 Å². The molecule has 1 N–H and O–H groups in total. The number of amides is 2. The molecule has 2 unspecified atom stereocenters. The molecule has 2 amide bonds. The first kappa shape index (κ1) is 28.0. The van der Waals surface area contributed by atoms with Gasteiger partial charge in [-0.25, -0.2) is 9.25 Å². The first-order valence-corrected chi connectivity index (χ1v) is 15.6. The first-order chi connectivity index (χ1) is 14.7. The zero-order valence-electron chi connectivity index (χ0n) is 19.4. The predicted molar refractivity (Wildman–Crippen MR) is 143 cm³/mol. The number of nitrogens with zero attached hydrogens (tertiary/aromatic N) is 3. The van der Waals surface area contributed by atoms with Gasteiger partial charge in [-0.15, -0.1) is 0 Å². The minimum atomic E-state index is -0.380. The summed E-state index contributed by atoms with van der Waals surface area (Å²) in [5, 5.41) is 8.73. The Labute approximate surface area is 204 Å². The van der Waals surface area contributed by atoms with Crippen LogP contribution in [0.3, 0.4) is 0 Å². The highest BCUT2D eigenvalue weighted by atomic mass is 127. The number of carbonyl (C=O) groups is 2. The number of anilines is 1. The van der Waals surface area contributed by atoms with Gasteiger partial charge < -0.3 is 15.0 Å². The number of hydrogen-bond acceptors (Lipinski definition) is 5. The number of aryl methyl sites for hydroxylation is 1. The van der Waals surface area contributed by atoms with Crippen LogP contribution in [0.1, 0.15) is 46.7 Å². The Morgan fingerprint density at radius 3 is 2.58 bits per heavy atom. The molecule has 1 saturated heterocycles. The lowest BCUT2D eigenvalue weighted by Crippen LogP contribution is -2.35. The van der Waals surface area contributed by atoms with Crippen molar-refractivity contribution in [2.45, 2.75) is 58.8 Å². The molecule has 0 aliphatic carbocycles. The third-order valence-corrected chi connectivity index (χ3v) is 7.22. The molecule has 0 radical (unpaired) electrons. The van der Waals surface area contributed by atoms with E-state index in [2.05, 4.69) is 38.7 Å². The highest BCUT2D eigenvalue weighted by molar-refractivity contribution is 14.2. The molecule has 0 spiro atoms. The van der Waals surface area contributed by atoms with Crippen LogP contribution in [0.4, 0.5) is 10.5 Å². The summed E-state index contributed by atoms with van der Waals surface area (Å²) < 4.78 is 7.26. The van der Waals surface area contributed by atoms with E-state index in [1.807, 2.05) is 76.0 Å². The number of hydrogen-bond donors (Lipinski definition) is 1. The molecule has 0 bridgehead atoms. The fourth-order valence-electron chi connectivity index (χ4n) is 2.90. The van der Waals surface area contributed by atoms with Gasteiger partial charge in [0.25, 0.3) is 0 Å². The van der Waals surface area contributed by atoms with E-state index < -0.39 is 0 Å². The summed E-state index contributed by atoms with van der Waals surface area (Å²) in [5.74, 6) is 0. The second-order valence-electron chi connectivity index (χ2n) is 7.65. The van der Waals surface area contributed by atoms with Crippen molar-refractivity contribution in [1.29, 1.82) is 0 Å². The Bertz CT molecular complexity index is 857. The van der Waals surface area contributed by atoms with E-state index in [9.17, 15) is 9.59 Å². The number of likely N-dealkylation sites (tertiary alicyclic amines) is 1. The number of benzene rings is 1. The van der Waals surface area contributed by atoms with Crippen LogP contribution in [0.2, 0.25) is 0 Å². The van der Waals surface area contributed by atoms with E-state index in [-0.39, 0.29) is 11.7 Å². The molecule has 0 saturated carbocycles. The monoisotopic (exact) mass is 580 g/mol. The van der Waals surface area contributed by atoms with Crippen LogP contribution in [0, 0.1) is 6.92 Å². The van der Waals surface area contributed by atoms with Crippen LogP contribution < -0.4 is 5.32 Å². The van der Waals surface area contributed by atoms with Crippen molar-refractivity contribution in [3.63, 3.8) is 0 Å². The van der Waals surface area contributed by atoms with E-state index in [4.69, 9.17) is 4.74 Å². The minimum Gasteiger partial charge on any atom is -0.444 e. The number of halogens is 1. The molecule has 7 nitrogen and oxygen atoms in total. The molecule has 1 aromatic heterocycles. The maximum Gasteiger partial charge on any atom is 0.410 e. The van der Waals surface area contributed by atoms with Gasteiger partial charge in [-0.05, 0) is 80.6 Å². The van der Waals surface area contributed by atoms with Gasteiger partial charge in [-0.2, -0.15) is 16.9 Å². The Balaban J connectivity index is 0.000000288. The second-order valence-corrected chi connectivity index (χ2v) is 10.8. The van der Waals surface area contributed by atoms with Gasteiger partial charge in [-0.1, -0.05) is 13.8 Å². The number of rotatable bonds is 4. The highest BCUT2D eigenvalue weighted by Gasteiger charge is 2.29. The molecule has 1 aliphatic heterocycles. The maximum atomic E-state index is 11.6. The van der Waals surface area contributed by atoms with Crippen LogP contribution in [0.25, 0.3) is 10.9 Å². The molecule has 1 aliphatic rings. The molecule has 174 valence electrons. The lowest BCUT2D eigenvalue weighted by molar-refractivity contribution is -0.105. The normalized spacial score (nSPS) is 15.9.